The number of likely N-dealkylation sites (N-methyl/N-ethyl adjacent to an activating group) is 1. The Morgan fingerprint density at radius 3 is 2.52 bits per heavy atom. The van der Waals surface area contributed by atoms with E-state index in [0.29, 0.717) is 18.4 Å². The van der Waals surface area contributed by atoms with Crippen molar-refractivity contribution in [3.05, 3.63) is 18.6 Å². The van der Waals surface area contributed by atoms with Crippen LogP contribution in [0.25, 0.3) is 0 Å². The molecule has 3 heterocycles. The van der Waals surface area contributed by atoms with Gasteiger partial charge in [0.2, 0.25) is 5.91 Å². The topological polar surface area (TPSA) is 55.8 Å². The summed E-state index contributed by atoms with van der Waals surface area (Å²) < 4.78 is 0. The molecule has 138 valence electrons. The summed E-state index contributed by atoms with van der Waals surface area (Å²) in [5.41, 5.74) is 0. The maximum Gasteiger partial charge on any atom is 0.223 e. The summed E-state index contributed by atoms with van der Waals surface area (Å²) in [6, 6.07) is 0.549. The lowest BCUT2D eigenvalue weighted by Gasteiger charge is -2.37. The maximum absolute atomic E-state index is 12.4. The van der Waals surface area contributed by atoms with E-state index < -0.39 is 0 Å². The number of aromatic nitrogens is 2. The molecule has 1 aromatic rings. The van der Waals surface area contributed by atoms with Crippen molar-refractivity contribution in [3.8, 4) is 0 Å². The first-order chi connectivity index (χ1) is 12.1. The molecule has 0 bridgehead atoms. The van der Waals surface area contributed by atoms with E-state index in [1.54, 1.807) is 12.4 Å². The molecule has 0 aliphatic carbocycles. The van der Waals surface area contributed by atoms with Crippen molar-refractivity contribution in [2.24, 2.45) is 0 Å². The molecule has 1 amide bonds. The first-order valence-corrected chi connectivity index (χ1v) is 9.31. The second-order valence-corrected chi connectivity index (χ2v) is 7.20. The molecule has 25 heavy (non-hydrogen) atoms. The van der Waals surface area contributed by atoms with Crippen molar-refractivity contribution in [2.75, 3.05) is 64.8 Å². The molecule has 0 unspecified atom stereocenters. The first-order valence-electron chi connectivity index (χ1n) is 9.31. The molecule has 2 aliphatic rings. The van der Waals surface area contributed by atoms with Gasteiger partial charge in [-0.3, -0.25) is 9.78 Å². The summed E-state index contributed by atoms with van der Waals surface area (Å²) in [6.07, 6.45) is 8.13. The van der Waals surface area contributed by atoms with Gasteiger partial charge >= 0.3 is 0 Å². The fourth-order valence-corrected chi connectivity index (χ4v) is 3.66. The van der Waals surface area contributed by atoms with Crippen LogP contribution >= 0.6 is 0 Å². The van der Waals surface area contributed by atoms with E-state index in [-0.39, 0.29) is 0 Å². The Kier molecular flexibility index (Phi) is 6.20. The number of hydrogen-bond acceptors (Lipinski definition) is 6. The molecule has 7 heteroatoms. The van der Waals surface area contributed by atoms with Crippen LogP contribution in [-0.4, -0.2) is 96.5 Å². The monoisotopic (exact) mass is 346 g/mol. The molecular weight excluding hydrogens is 316 g/mol. The molecule has 2 saturated heterocycles. The van der Waals surface area contributed by atoms with Crippen LogP contribution in [0.2, 0.25) is 0 Å². The van der Waals surface area contributed by atoms with Crippen molar-refractivity contribution in [2.45, 2.75) is 25.3 Å². The number of carbonyl (C=O) groups is 1. The van der Waals surface area contributed by atoms with Gasteiger partial charge in [0, 0.05) is 70.7 Å². The SMILES string of the molecule is CN1CCN(C(=O)CCN(C)C2CCN(c3cnccn3)CC2)CC1. The van der Waals surface area contributed by atoms with E-state index in [2.05, 4.69) is 38.8 Å². The van der Waals surface area contributed by atoms with Gasteiger partial charge in [-0.15, -0.1) is 0 Å². The van der Waals surface area contributed by atoms with E-state index >= 15 is 0 Å². The van der Waals surface area contributed by atoms with E-state index in [0.717, 1.165) is 64.5 Å². The van der Waals surface area contributed by atoms with Crippen LogP contribution in [-0.2, 0) is 4.79 Å². The van der Waals surface area contributed by atoms with Gasteiger partial charge in [0.15, 0.2) is 0 Å². The summed E-state index contributed by atoms with van der Waals surface area (Å²) in [5, 5.41) is 0. The number of rotatable bonds is 5. The van der Waals surface area contributed by atoms with Gasteiger partial charge in [-0.2, -0.15) is 0 Å². The highest BCUT2D eigenvalue weighted by atomic mass is 16.2. The largest absolute Gasteiger partial charge is 0.355 e. The Bertz CT molecular complexity index is 538. The van der Waals surface area contributed by atoms with Crippen molar-refractivity contribution in [1.29, 1.82) is 0 Å². The molecule has 0 atom stereocenters. The van der Waals surface area contributed by atoms with E-state index in [1.165, 1.54) is 0 Å². The second-order valence-electron chi connectivity index (χ2n) is 7.20. The number of anilines is 1. The smallest absolute Gasteiger partial charge is 0.223 e. The quantitative estimate of drug-likeness (QED) is 0.776. The van der Waals surface area contributed by atoms with Gasteiger partial charge in [-0.05, 0) is 26.9 Å². The molecule has 0 radical (unpaired) electrons. The highest BCUT2D eigenvalue weighted by molar-refractivity contribution is 5.76. The van der Waals surface area contributed by atoms with Crippen LogP contribution in [0.1, 0.15) is 19.3 Å². The summed E-state index contributed by atoms with van der Waals surface area (Å²) in [6.45, 7) is 6.57. The van der Waals surface area contributed by atoms with Gasteiger partial charge in [-0.1, -0.05) is 0 Å². The molecule has 2 fully saturated rings. The zero-order valence-corrected chi connectivity index (χ0v) is 15.5. The Hall–Kier alpha value is -1.73. The number of carbonyl (C=O) groups excluding carboxylic acids is 1. The zero-order chi connectivity index (χ0) is 17.6. The van der Waals surface area contributed by atoms with Gasteiger partial charge in [0.05, 0.1) is 6.20 Å². The molecule has 3 rings (SSSR count). The van der Waals surface area contributed by atoms with E-state index in [9.17, 15) is 4.79 Å². The third kappa shape index (κ3) is 4.89. The summed E-state index contributed by atoms with van der Waals surface area (Å²) in [4.78, 5) is 29.9. The lowest BCUT2D eigenvalue weighted by atomic mass is 10.0. The third-order valence-corrected chi connectivity index (χ3v) is 5.50. The molecule has 0 aromatic carbocycles. The number of piperidine rings is 1. The highest BCUT2D eigenvalue weighted by Gasteiger charge is 2.24. The van der Waals surface area contributed by atoms with E-state index in [1.807, 2.05) is 11.1 Å². The first kappa shape index (κ1) is 18.1. The van der Waals surface area contributed by atoms with Gasteiger partial charge in [0.25, 0.3) is 0 Å². The number of amides is 1. The maximum atomic E-state index is 12.4. The normalized spacial score (nSPS) is 20.3. The lowest BCUT2D eigenvalue weighted by molar-refractivity contribution is -0.133. The minimum absolute atomic E-state index is 0.303. The average Bonchev–Trinajstić information content (AvgIpc) is 2.67. The van der Waals surface area contributed by atoms with Crippen LogP contribution in [0.15, 0.2) is 18.6 Å². The molecule has 7 nitrogen and oxygen atoms in total. The van der Waals surface area contributed by atoms with Crippen molar-refractivity contribution >= 4 is 11.7 Å². The minimum Gasteiger partial charge on any atom is -0.355 e. The fourth-order valence-electron chi connectivity index (χ4n) is 3.66. The van der Waals surface area contributed by atoms with Crippen molar-refractivity contribution < 1.29 is 4.79 Å². The fraction of sp³-hybridized carbons (Fsp3) is 0.722. The molecule has 0 spiro atoms. The predicted octanol–water partition coefficient (Wildman–Crippen LogP) is 0.541. The Morgan fingerprint density at radius 2 is 1.88 bits per heavy atom. The summed E-state index contributed by atoms with van der Waals surface area (Å²) >= 11 is 0. The Labute approximate surface area is 150 Å². The highest BCUT2D eigenvalue weighted by Crippen LogP contribution is 2.19. The minimum atomic E-state index is 0.303. The van der Waals surface area contributed by atoms with Crippen LogP contribution in [0.5, 0.6) is 0 Å². The average molecular weight is 346 g/mol. The second kappa shape index (κ2) is 8.58. The molecule has 1 aromatic heterocycles. The Balaban J connectivity index is 1.39. The molecular formula is C18H30N6O. The lowest BCUT2D eigenvalue weighted by Crippen LogP contribution is -2.48. The van der Waals surface area contributed by atoms with Crippen LogP contribution in [0, 0.1) is 0 Å². The summed E-state index contributed by atoms with van der Waals surface area (Å²) in [5.74, 6) is 1.27. The third-order valence-electron chi connectivity index (χ3n) is 5.50. The van der Waals surface area contributed by atoms with Gasteiger partial charge < -0.3 is 19.6 Å². The standard InChI is InChI=1S/C18H30N6O/c1-21-11-13-24(14-12-21)18(25)5-8-22(2)16-3-9-23(10-4-16)17-15-19-6-7-20-17/h6-7,15-16H,3-5,8-14H2,1-2H3. The summed E-state index contributed by atoms with van der Waals surface area (Å²) in [7, 11) is 4.27. The molecule has 0 saturated carbocycles. The predicted molar refractivity (Wildman–Crippen MR) is 98.6 cm³/mol. The van der Waals surface area contributed by atoms with E-state index in [4.69, 9.17) is 0 Å². The number of hydrogen-bond donors (Lipinski definition) is 0. The molecule has 0 N–H and O–H groups in total. The zero-order valence-electron chi connectivity index (χ0n) is 15.5. The number of piperazine rings is 1. The van der Waals surface area contributed by atoms with Crippen molar-refractivity contribution in [3.63, 3.8) is 0 Å². The van der Waals surface area contributed by atoms with Crippen LogP contribution < -0.4 is 4.90 Å². The van der Waals surface area contributed by atoms with Crippen LogP contribution in [0.3, 0.4) is 0 Å². The molecule has 2 aliphatic heterocycles. The van der Waals surface area contributed by atoms with Crippen LogP contribution in [0.4, 0.5) is 5.82 Å². The number of nitrogens with zero attached hydrogens (tertiary/aromatic N) is 6. The van der Waals surface area contributed by atoms with Gasteiger partial charge in [-0.25, -0.2) is 4.98 Å². The van der Waals surface area contributed by atoms with Gasteiger partial charge in [0.1, 0.15) is 5.82 Å². The Morgan fingerprint density at radius 1 is 1.16 bits per heavy atom. The van der Waals surface area contributed by atoms with Crippen molar-refractivity contribution in [1.82, 2.24) is 24.7 Å².